The zero-order chi connectivity index (χ0) is 35.8. The summed E-state index contributed by atoms with van der Waals surface area (Å²) >= 11 is 0. The molecule has 262 valence electrons. The molecule has 2 saturated heterocycles. The number of aliphatic hydroxyl groups excluding tert-OH is 1. The average molecular weight is 695 g/mol. The summed E-state index contributed by atoms with van der Waals surface area (Å²) in [5.74, 6) is 3.06. The minimum Gasteiger partial charge on any atom is -0.491 e. The van der Waals surface area contributed by atoms with Gasteiger partial charge in [-0.05, 0) is 83.8 Å². The number of hydrogen-bond acceptors (Lipinski definition) is 7. The van der Waals surface area contributed by atoms with Gasteiger partial charge in [-0.2, -0.15) is 0 Å². The van der Waals surface area contributed by atoms with Crippen molar-refractivity contribution in [3.05, 3.63) is 143 Å². The van der Waals surface area contributed by atoms with Crippen LogP contribution in [0.2, 0.25) is 0 Å². The molecular formula is C43H38N2O7. The van der Waals surface area contributed by atoms with Gasteiger partial charge in [-0.3, -0.25) is 19.3 Å². The number of carbonyl (C=O) groups excluding carboxylic acids is 2. The SMILES string of the molecule is O=C1O[C@H](c2ccccc2)[C@H](c2ccccc2)N2[C@H]1[C@@H](C(=O)O)[C@]1(C(=O)Nc3ccc(C#CC4=CCCCC4)cc31)[C@H]2c1ccc(OCCO)cc1. The molecule has 3 N–H and O–H groups in total. The van der Waals surface area contributed by atoms with Crippen molar-refractivity contribution in [3.63, 3.8) is 0 Å². The van der Waals surface area contributed by atoms with E-state index in [2.05, 4.69) is 23.2 Å². The van der Waals surface area contributed by atoms with Crippen LogP contribution in [0, 0.1) is 17.8 Å². The third-order valence-electron chi connectivity index (χ3n) is 10.8. The highest BCUT2D eigenvalue weighted by molar-refractivity contribution is 6.11. The second kappa shape index (κ2) is 13.8. The molecule has 9 heteroatoms. The number of allylic oxidation sites excluding steroid dienone is 2. The number of carboxylic acids is 1. The molecule has 6 atom stereocenters. The monoisotopic (exact) mass is 694 g/mol. The van der Waals surface area contributed by atoms with Crippen molar-refractivity contribution in [2.24, 2.45) is 5.92 Å². The van der Waals surface area contributed by atoms with Crippen LogP contribution in [0.25, 0.3) is 0 Å². The van der Waals surface area contributed by atoms with E-state index < -0.39 is 53.4 Å². The Morgan fingerprint density at radius 3 is 2.29 bits per heavy atom. The number of rotatable bonds is 7. The quantitative estimate of drug-likeness (QED) is 0.153. The third-order valence-corrected chi connectivity index (χ3v) is 10.8. The number of benzene rings is 4. The predicted octanol–water partition coefficient (Wildman–Crippen LogP) is 6.27. The van der Waals surface area contributed by atoms with Crippen molar-refractivity contribution in [1.82, 2.24) is 4.90 Å². The van der Waals surface area contributed by atoms with Gasteiger partial charge in [-0.25, -0.2) is 0 Å². The van der Waals surface area contributed by atoms with Crippen molar-refractivity contribution in [2.45, 2.75) is 55.3 Å². The molecule has 52 heavy (non-hydrogen) atoms. The Labute approximate surface area is 301 Å². The highest BCUT2D eigenvalue weighted by Gasteiger charge is 2.74. The van der Waals surface area contributed by atoms with Crippen LogP contribution in [0.4, 0.5) is 5.69 Å². The van der Waals surface area contributed by atoms with Crippen LogP contribution in [-0.4, -0.2) is 52.2 Å². The molecule has 4 aromatic carbocycles. The van der Waals surface area contributed by atoms with Gasteiger partial charge in [0, 0.05) is 11.3 Å². The molecule has 3 aliphatic heterocycles. The largest absolute Gasteiger partial charge is 0.491 e. The van der Waals surface area contributed by atoms with Gasteiger partial charge in [0.2, 0.25) is 5.91 Å². The number of carbonyl (C=O) groups is 3. The number of aliphatic hydroxyl groups is 1. The van der Waals surface area contributed by atoms with Crippen LogP contribution in [0.3, 0.4) is 0 Å². The third kappa shape index (κ3) is 5.56. The number of amides is 1. The fourth-order valence-electron chi connectivity index (χ4n) is 8.66. The van der Waals surface area contributed by atoms with Crippen molar-refractivity contribution < 1.29 is 34.1 Å². The van der Waals surface area contributed by atoms with Crippen LogP contribution in [0.5, 0.6) is 5.75 Å². The lowest BCUT2D eigenvalue weighted by Gasteiger charge is -2.46. The maximum atomic E-state index is 14.9. The summed E-state index contributed by atoms with van der Waals surface area (Å²) in [7, 11) is 0. The first-order valence-electron chi connectivity index (χ1n) is 17.7. The van der Waals surface area contributed by atoms with Crippen LogP contribution in [0.15, 0.2) is 115 Å². The first-order chi connectivity index (χ1) is 25.4. The molecule has 0 radical (unpaired) electrons. The molecule has 1 amide bonds. The van der Waals surface area contributed by atoms with E-state index in [1.807, 2.05) is 89.8 Å². The van der Waals surface area contributed by atoms with Crippen LogP contribution >= 0.6 is 0 Å². The lowest BCUT2D eigenvalue weighted by Crippen LogP contribution is -2.52. The highest BCUT2D eigenvalue weighted by atomic mass is 16.6. The van der Waals surface area contributed by atoms with E-state index in [1.54, 1.807) is 18.2 Å². The minimum atomic E-state index is -1.77. The van der Waals surface area contributed by atoms with Crippen LogP contribution < -0.4 is 10.1 Å². The van der Waals surface area contributed by atoms with Crippen molar-refractivity contribution in [3.8, 4) is 17.6 Å². The number of ether oxygens (including phenoxy) is 2. The Kier molecular flexibility index (Phi) is 8.87. The first-order valence-corrected chi connectivity index (χ1v) is 17.7. The second-order valence-electron chi connectivity index (χ2n) is 13.7. The Bertz CT molecular complexity index is 2100. The number of aliphatic carboxylic acids is 1. The Balaban J connectivity index is 1.38. The van der Waals surface area contributed by atoms with E-state index in [-0.39, 0.29) is 13.2 Å². The zero-order valence-corrected chi connectivity index (χ0v) is 28.4. The molecule has 0 saturated carbocycles. The normalized spacial score (nSPS) is 26.3. The molecule has 0 bridgehead atoms. The van der Waals surface area contributed by atoms with Crippen LogP contribution in [0.1, 0.15) is 71.7 Å². The molecule has 8 rings (SSSR count). The van der Waals surface area contributed by atoms with Crippen molar-refractivity contribution >= 4 is 23.5 Å². The zero-order valence-electron chi connectivity index (χ0n) is 28.4. The van der Waals surface area contributed by atoms with Gasteiger partial charge in [0.15, 0.2) is 0 Å². The second-order valence-corrected chi connectivity index (χ2v) is 13.7. The number of cyclic esters (lactones) is 1. The molecule has 0 unspecified atom stereocenters. The summed E-state index contributed by atoms with van der Waals surface area (Å²) in [6.07, 6.45) is 5.47. The van der Waals surface area contributed by atoms with Gasteiger partial charge in [-0.1, -0.05) is 90.7 Å². The van der Waals surface area contributed by atoms with Gasteiger partial charge < -0.3 is 25.0 Å². The molecule has 4 aromatic rings. The number of hydrogen-bond donors (Lipinski definition) is 3. The topological polar surface area (TPSA) is 125 Å². The maximum Gasteiger partial charge on any atom is 0.325 e. The highest BCUT2D eigenvalue weighted by Crippen LogP contribution is 2.64. The molecule has 9 nitrogen and oxygen atoms in total. The summed E-state index contributed by atoms with van der Waals surface area (Å²) in [5, 5.41) is 23.6. The molecule has 1 spiro atoms. The Hall–Kier alpha value is -5.69. The standard InChI is InChI=1S/C43H38N2O7/c46-24-25-51-32-21-19-31(20-22-32)39-43(33-26-28(18-23-34(33)44-42(43)50)17-16-27-10-4-1-5-11-27)35(40(47)48)37-41(49)52-38(30-14-8-3-9-15-30)36(45(37)39)29-12-6-2-7-13-29/h2-3,6-10,12-15,18-23,26,35-39,46H,1,4-5,11,24-25H2,(H,44,50)(H,47,48)/t35-,36-,37-,38+,39+,43-/m0/s1. The van der Waals surface area contributed by atoms with E-state index in [1.165, 1.54) is 0 Å². The van der Waals surface area contributed by atoms with E-state index >= 15 is 0 Å². The minimum absolute atomic E-state index is 0.0964. The van der Waals surface area contributed by atoms with E-state index in [4.69, 9.17) is 9.47 Å². The van der Waals surface area contributed by atoms with Gasteiger partial charge in [0.1, 0.15) is 35.8 Å². The molecular weight excluding hydrogens is 656 g/mol. The van der Waals surface area contributed by atoms with Crippen LogP contribution in [-0.2, 0) is 24.5 Å². The summed E-state index contributed by atoms with van der Waals surface area (Å²) in [6.45, 7) is -0.0659. The fourth-order valence-corrected chi connectivity index (χ4v) is 8.66. The van der Waals surface area contributed by atoms with E-state index in [0.717, 1.165) is 42.4 Å². The maximum absolute atomic E-state index is 14.9. The molecule has 4 aliphatic rings. The molecule has 3 heterocycles. The summed E-state index contributed by atoms with van der Waals surface area (Å²) in [6, 6.07) is 28.6. The molecule has 2 fully saturated rings. The Morgan fingerprint density at radius 1 is 0.885 bits per heavy atom. The predicted molar refractivity (Wildman–Crippen MR) is 193 cm³/mol. The van der Waals surface area contributed by atoms with Gasteiger partial charge >= 0.3 is 11.9 Å². The van der Waals surface area contributed by atoms with Gasteiger partial charge in [0.25, 0.3) is 0 Å². The first kappa shape index (κ1) is 33.5. The summed E-state index contributed by atoms with van der Waals surface area (Å²) in [4.78, 5) is 45.0. The number of nitrogens with one attached hydrogen (secondary N) is 1. The lowest BCUT2D eigenvalue weighted by atomic mass is 9.65. The number of carboxylic acid groups (broad SMARTS) is 1. The average Bonchev–Trinajstić information content (AvgIpc) is 3.66. The number of morpholine rings is 1. The molecule has 0 aromatic heterocycles. The summed E-state index contributed by atoms with van der Waals surface area (Å²) in [5.41, 5.74) is 3.08. The smallest absolute Gasteiger partial charge is 0.325 e. The van der Waals surface area contributed by atoms with Crippen molar-refractivity contribution in [1.29, 1.82) is 0 Å². The Morgan fingerprint density at radius 2 is 1.62 bits per heavy atom. The summed E-state index contributed by atoms with van der Waals surface area (Å²) < 4.78 is 12.0. The van der Waals surface area contributed by atoms with Gasteiger partial charge in [-0.15, -0.1) is 0 Å². The number of nitrogens with zero attached hydrogens (tertiary/aromatic N) is 1. The number of esters is 1. The number of fused-ring (bicyclic) bond motifs is 3. The van der Waals surface area contributed by atoms with E-state index in [0.29, 0.717) is 28.1 Å². The fraction of sp³-hybridized carbons (Fsp3) is 0.279. The number of anilines is 1. The molecule has 1 aliphatic carbocycles. The van der Waals surface area contributed by atoms with Gasteiger partial charge in [0.05, 0.1) is 18.7 Å². The van der Waals surface area contributed by atoms with E-state index in [9.17, 15) is 24.6 Å². The lowest BCUT2D eigenvalue weighted by molar-refractivity contribution is -0.179. The van der Waals surface area contributed by atoms with Crippen molar-refractivity contribution in [2.75, 3.05) is 18.5 Å².